The van der Waals surface area contributed by atoms with Gasteiger partial charge in [-0.2, -0.15) is 4.99 Å². The molecule has 0 saturated carbocycles. The number of nitrogens with zero attached hydrogens (tertiary/aromatic N) is 3. The van der Waals surface area contributed by atoms with Crippen molar-refractivity contribution in [3.8, 4) is 5.75 Å². The Labute approximate surface area is 168 Å². The number of ether oxygens (including phenoxy) is 2. The van der Waals surface area contributed by atoms with E-state index in [1.807, 2.05) is 22.8 Å². The Hall–Kier alpha value is -2.82. The molecule has 8 nitrogen and oxygen atoms in total. The Balaban J connectivity index is 1.96. The standard InChI is InChI=1S/C18H17N3O5S2/c1-25-11-10-20-17-13(26-2)4-3-5-14(17)28-18(20)19-15(22)8-6-12-7-9-16(27-12)21(23)24/h3-9H,10-11H2,1-2H3/b8-6+,19-18?. The lowest BCUT2D eigenvalue weighted by Gasteiger charge is -2.07. The number of amides is 1. The molecule has 0 radical (unpaired) electrons. The molecular weight excluding hydrogens is 402 g/mol. The van der Waals surface area contributed by atoms with Gasteiger partial charge in [0.05, 0.1) is 23.3 Å². The van der Waals surface area contributed by atoms with E-state index >= 15 is 0 Å². The number of thiophene rings is 1. The molecule has 0 unspecified atom stereocenters. The minimum absolute atomic E-state index is 0.0260. The molecule has 0 atom stereocenters. The number of para-hydroxylation sites is 1. The minimum atomic E-state index is -0.461. The van der Waals surface area contributed by atoms with Crippen molar-refractivity contribution in [2.45, 2.75) is 6.54 Å². The van der Waals surface area contributed by atoms with Crippen LogP contribution in [-0.2, 0) is 16.1 Å². The third-order valence-corrected chi connectivity index (χ3v) is 5.84. The first-order valence-electron chi connectivity index (χ1n) is 8.19. The summed E-state index contributed by atoms with van der Waals surface area (Å²) >= 11 is 2.38. The zero-order valence-electron chi connectivity index (χ0n) is 15.2. The molecule has 0 fully saturated rings. The number of rotatable bonds is 7. The Morgan fingerprint density at radius 2 is 2.11 bits per heavy atom. The summed E-state index contributed by atoms with van der Waals surface area (Å²) < 4.78 is 13.5. The van der Waals surface area contributed by atoms with Crippen LogP contribution in [0.3, 0.4) is 0 Å². The highest BCUT2D eigenvalue weighted by molar-refractivity contribution is 7.16. The lowest BCUT2D eigenvalue weighted by molar-refractivity contribution is -0.380. The van der Waals surface area contributed by atoms with E-state index in [0.29, 0.717) is 28.6 Å². The van der Waals surface area contributed by atoms with Crippen molar-refractivity contribution >= 4 is 49.9 Å². The summed E-state index contributed by atoms with van der Waals surface area (Å²) in [6, 6.07) is 8.68. The van der Waals surface area contributed by atoms with Gasteiger partial charge in [-0.3, -0.25) is 14.9 Å². The molecule has 3 rings (SSSR count). The van der Waals surface area contributed by atoms with E-state index in [4.69, 9.17) is 9.47 Å². The van der Waals surface area contributed by atoms with Gasteiger partial charge in [-0.15, -0.1) is 0 Å². The number of fused-ring (bicyclic) bond motifs is 1. The highest BCUT2D eigenvalue weighted by atomic mass is 32.1. The number of thiazole rings is 1. The molecule has 146 valence electrons. The predicted octanol–water partition coefficient (Wildman–Crippen LogP) is 3.47. The van der Waals surface area contributed by atoms with Crippen LogP contribution in [0.1, 0.15) is 4.88 Å². The number of methoxy groups -OCH3 is 2. The van der Waals surface area contributed by atoms with Gasteiger partial charge in [0.1, 0.15) is 11.3 Å². The van der Waals surface area contributed by atoms with Gasteiger partial charge in [0, 0.05) is 30.7 Å². The van der Waals surface area contributed by atoms with Crippen molar-refractivity contribution in [2.75, 3.05) is 20.8 Å². The van der Waals surface area contributed by atoms with Gasteiger partial charge >= 0.3 is 5.00 Å². The highest BCUT2D eigenvalue weighted by Gasteiger charge is 2.12. The lowest BCUT2D eigenvalue weighted by atomic mass is 10.3. The Morgan fingerprint density at radius 3 is 2.79 bits per heavy atom. The first kappa shape index (κ1) is 19.9. The maximum absolute atomic E-state index is 12.3. The molecule has 10 heteroatoms. The zero-order valence-corrected chi connectivity index (χ0v) is 16.8. The van der Waals surface area contributed by atoms with Crippen molar-refractivity contribution in [1.29, 1.82) is 0 Å². The van der Waals surface area contributed by atoms with Gasteiger partial charge in [-0.25, -0.2) is 0 Å². The topological polar surface area (TPSA) is 96.0 Å². The van der Waals surface area contributed by atoms with Gasteiger partial charge in [-0.1, -0.05) is 28.7 Å². The Kier molecular flexibility index (Phi) is 6.34. The first-order valence-corrected chi connectivity index (χ1v) is 9.83. The van der Waals surface area contributed by atoms with Crippen LogP contribution >= 0.6 is 22.7 Å². The Morgan fingerprint density at radius 1 is 1.29 bits per heavy atom. The third kappa shape index (κ3) is 4.35. The maximum atomic E-state index is 12.3. The highest BCUT2D eigenvalue weighted by Crippen LogP contribution is 2.27. The molecule has 2 heterocycles. The van der Waals surface area contributed by atoms with E-state index in [1.165, 1.54) is 29.6 Å². The number of nitro groups is 1. The number of carbonyl (C=O) groups excluding carboxylic acids is 1. The van der Waals surface area contributed by atoms with Crippen LogP contribution in [0, 0.1) is 10.1 Å². The average Bonchev–Trinajstić information content (AvgIpc) is 3.29. The number of aromatic nitrogens is 1. The van der Waals surface area contributed by atoms with Crippen LogP contribution in [-0.4, -0.2) is 36.2 Å². The molecule has 0 aliphatic carbocycles. The van der Waals surface area contributed by atoms with E-state index in [-0.39, 0.29) is 5.00 Å². The van der Waals surface area contributed by atoms with Crippen LogP contribution in [0.25, 0.3) is 16.3 Å². The Bertz CT molecular complexity index is 1110. The summed E-state index contributed by atoms with van der Waals surface area (Å²) in [5.74, 6) is 0.243. The quantitative estimate of drug-likeness (QED) is 0.332. The fraction of sp³-hybridized carbons (Fsp3) is 0.222. The normalized spacial score (nSPS) is 12.1. The summed E-state index contributed by atoms with van der Waals surface area (Å²) in [5.41, 5.74) is 0.858. The summed E-state index contributed by atoms with van der Waals surface area (Å²) in [4.78, 5) is 27.9. The van der Waals surface area contributed by atoms with Gasteiger partial charge < -0.3 is 14.0 Å². The van der Waals surface area contributed by atoms with E-state index in [9.17, 15) is 14.9 Å². The molecule has 0 aliphatic heterocycles. The van der Waals surface area contributed by atoms with Crippen molar-refractivity contribution < 1.29 is 19.2 Å². The van der Waals surface area contributed by atoms with Gasteiger partial charge in [0.25, 0.3) is 5.91 Å². The molecular formula is C18H17N3O5S2. The molecule has 28 heavy (non-hydrogen) atoms. The molecule has 0 spiro atoms. The molecule has 0 aliphatic rings. The molecule has 1 amide bonds. The van der Waals surface area contributed by atoms with E-state index < -0.39 is 10.8 Å². The largest absolute Gasteiger partial charge is 0.495 e. The molecule has 0 saturated heterocycles. The second-order valence-corrected chi connectivity index (χ2v) is 7.66. The van der Waals surface area contributed by atoms with Crippen LogP contribution in [0.15, 0.2) is 41.4 Å². The van der Waals surface area contributed by atoms with Crippen molar-refractivity contribution in [3.63, 3.8) is 0 Å². The smallest absolute Gasteiger partial charge is 0.324 e. The third-order valence-electron chi connectivity index (χ3n) is 3.79. The van der Waals surface area contributed by atoms with Gasteiger partial charge in [-0.05, 0) is 24.3 Å². The maximum Gasteiger partial charge on any atom is 0.324 e. The van der Waals surface area contributed by atoms with E-state index in [1.54, 1.807) is 20.3 Å². The number of carbonyl (C=O) groups is 1. The summed E-state index contributed by atoms with van der Waals surface area (Å²) in [5, 5.41) is 10.8. The lowest BCUT2D eigenvalue weighted by Crippen LogP contribution is -2.19. The fourth-order valence-electron chi connectivity index (χ4n) is 2.55. The zero-order chi connectivity index (χ0) is 20.1. The van der Waals surface area contributed by atoms with Crippen LogP contribution in [0.5, 0.6) is 5.75 Å². The van der Waals surface area contributed by atoms with E-state index in [2.05, 4.69) is 4.99 Å². The summed E-state index contributed by atoms with van der Waals surface area (Å²) in [7, 11) is 3.20. The van der Waals surface area contributed by atoms with Gasteiger partial charge in [0.2, 0.25) is 0 Å². The summed E-state index contributed by atoms with van der Waals surface area (Å²) in [6.07, 6.45) is 2.83. The second-order valence-electron chi connectivity index (χ2n) is 5.55. The first-order chi connectivity index (χ1) is 13.5. The number of hydrogen-bond acceptors (Lipinski definition) is 7. The predicted molar refractivity (Wildman–Crippen MR) is 109 cm³/mol. The molecule has 1 aromatic carbocycles. The van der Waals surface area contributed by atoms with Crippen LogP contribution < -0.4 is 9.54 Å². The minimum Gasteiger partial charge on any atom is -0.495 e. The van der Waals surface area contributed by atoms with Crippen LogP contribution in [0.4, 0.5) is 5.00 Å². The molecule has 0 N–H and O–H groups in total. The van der Waals surface area contributed by atoms with Gasteiger partial charge in [0.15, 0.2) is 4.80 Å². The SMILES string of the molecule is COCCn1c(=NC(=O)/C=C/c2ccc([N+](=O)[O-])s2)sc2cccc(OC)c21. The van der Waals surface area contributed by atoms with Crippen molar-refractivity contribution in [3.05, 3.63) is 56.2 Å². The van der Waals surface area contributed by atoms with E-state index in [0.717, 1.165) is 21.6 Å². The number of benzene rings is 1. The molecule has 0 bridgehead atoms. The van der Waals surface area contributed by atoms with Crippen molar-refractivity contribution in [1.82, 2.24) is 4.57 Å². The second kappa shape index (κ2) is 8.91. The number of hydrogen-bond donors (Lipinski definition) is 0. The summed E-state index contributed by atoms with van der Waals surface area (Å²) in [6.45, 7) is 0.976. The monoisotopic (exact) mass is 419 g/mol. The molecule has 2 aromatic heterocycles. The fourth-order valence-corrected chi connectivity index (χ4v) is 4.36. The van der Waals surface area contributed by atoms with Crippen molar-refractivity contribution in [2.24, 2.45) is 4.99 Å². The van der Waals surface area contributed by atoms with Crippen LogP contribution in [0.2, 0.25) is 0 Å². The average molecular weight is 419 g/mol. The molecule has 3 aromatic rings.